The number of hydrogen-bond acceptors (Lipinski definition) is 6. The third-order valence-corrected chi connectivity index (χ3v) is 10.6. The number of carbonyl (C=O) groups is 4. The number of amides is 3. The molecule has 0 radical (unpaired) electrons. The van der Waals surface area contributed by atoms with Crippen molar-refractivity contribution in [2.24, 2.45) is 23.7 Å². The van der Waals surface area contributed by atoms with Crippen molar-refractivity contribution >= 4 is 40.5 Å². The molecule has 3 amide bonds. The summed E-state index contributed by atoms with van der Waals surface area (Å²) in [5, 5.41) is 6.65. The van der Waals surface area contributed by atoms with Crippen LogP contribution in [0.2, 0.25) is 0 Å². The summed E-state index contributed by atoms with van der Waals surface area (Å²) in [7, 11) is 0. The maximum absolute atomic E-state index is 14.2. The summed E-state index contributed by atoms with van der Waals surface area (Å²) in [6.07, 6.45) is 8.20. The second-order valence-electron chi connectivity index (χ2n) is 14.9. The van der Waals surface area contributed by atoms with E-state index in [1.54, 1.807) is 27.7 Å². The number of carbonyl (C=O) groups excluding carboxylic acids is 4. The highest BCUT2D eigenvalue weighted by molar-refractivity contribution is 6.02. The predicted octanol–water partition coefficient (Wildman–Crippen LogP) is 7.06. The first kappa shape index (κ1) is 35.7. The van der Waals surface area contributed by atoms with E-state index >= 15 is 0 Å². The van der Waals surface area contributed by atoms with Gasteiger partial charge in [-0.25, -0.2) is 14.0 Å². The van der Waals surface area contributed by atoms with Gasteiger partial charge in [-0.05, 0) is 108 Å². The van der Waals surface area contributed by atoms with E-state index in [-0.39, 0.29) is 36.2 Å². The van der Waals surface area contributed by atoms with Crippen molar-refractivity contribution in [2.45, 2.75) is 117 Å². The third kappa shape index (κ3) is 8.14. The average Bonchev–Trinajstić information content (AvgIpc) is 3.65. The number of fused-ring (bicyclic) bond motifs is 1. The van der Waals surface area contributed by atoms with Crippen LogP contribution in [-0.2, 0) is 19.1 Å². The van der Waals surface area contributed by atoms with Crippen LogP contribution in [0.1, 0.15) is 108 Å². The average molecular weight is 669 g/mol. The lowest BCUT2D eigenvalue weighted by molar-refractivity contribution is -0.142. The van der Waals surface area contributed by atoms with Crippen molar-refractivity contribution in [1.29, 1.82) is 0 Å². The lowest BCUT2D eigenvalue weighted by Gasteiger charge is -2.37. The number of rotatable bonds is 9. The minimum absolute atomic E-state index is 0.000168. The molecule has 3 atom stereocenters. The standard InChI is InChI=1S/C37H53FN4O6/c1-6-47-35(45)31-22(2)28-20-26(16-17-29(28)40-31)39-33(43)32-27(23-10-8-7-9-11-23)18-19-42(32)34(44)25-14-12-24(13-15-25)30(21-38)41-36(46)48-37(3,4)5/h16-17,20,23-25,27,30,32,40H,6-15,18-19,21H2,1-5H3,(H,39,43)(H,41,46)/t24?,25?,27-,30?,32-/m0/s1. The van der Waals surface area contributed by atoms with Crippen molar-refractivity contribution in [2.75, 3.05) is 25.1 Å². The lowest BCUT2D eigenvalue weighted by Crippen LogP contribution is -2.50. The first-order valence-corrected chi connectivity index (χ1v) is 17.9. The van der Waals surface area contributed by atoms with Crippen LogP contribution in [0.5, 0.6) is 0 Å². The number of H-pyrrole nitrogens is 1. The smallest absolute Gasteiger partial charge is 0.407 e. The highest BCUT2D eigenvalue weighted by Crippen LogP contribution is 2.41. The maximum atomic E-state index is 14.2. The van der Waals surface area contributed by atoms with Gasteiger partial charge in [0, 0.05) is 29.1 Å². The number of aromatic nitrogens is 1. The van der Waals surface area contributed by atoms with Crippen molar-refractivity contribution < 1.29 is 33.0 Å². The molecular formula is C37H53FN4O6. The molecule has 1 aromatic carbocycles. The van der Waals surface area contributed by atoms with Crippen molar-refractivity contribution in [1.82, 2.24) is 15.2 Å². The molecule has 1 aromatic heterocycles. The molecule has 3 fully saturated rings. The van der Waals surface area contributed by atoms with Gasteiger partial charge in [-0.2, -0.15) is 0 Å². The lowest BCUT2D eigenvalue weighted by atomic mass is 9.76. The van der Waals surface area contributed by atoms with Crippen molar-refractivity contribution in [3.05, 3.63) is 29.5 Å². The van der Waals surface area contributed by atoms with Crippen LogP contribution in [0.3, 0.4) is 0 Å². The topological polar surface area (TPSA) is 130 Å². The number of esters is 1. The Morgan fingerprint density at radius 3 is 2.38 bits per heavy atom. The molecule has 2 heterocycles. The minimum Gasteiger partial charge on any atom is -0.461 e. The number of likely N-dealkylation sites (tertiary alicyclic amines) is 1. The van der Waals surface area contributed by atoms with Gasteiger partial charge in [0.15, 0.2) is 0 Å². The Hall–Kier alpha value is -3.63. The first-order chi connectivity index (χ1) is 22.9. The molecule has 2 aliphatic carbocycles. The fourth-order valence-corrected chi connectivity index (χ4v) is 8.23. The Morgan fingerprint density at radius 2 is 1.73 bits per heavy atom. The van der Waals surface area contributed by atoms with E-state index in [9.17, 15) is 23.6 Å². The molecule has 11 heteroatoms. The fraction of sp³-hybridized carbons (Fsp3) is 0.676. The normalized spacial score (nSPS) is 24.2. The summed E-state index contributed by atoms with van der Waals surface area (Å²) in [5.41, 5.74) is 1.86. The molecule has 2 saturated carbocycles. The molecule has 48 heavy (non-hydrogen) atoms. The highest BCUT2D eigenvalue weighted by Gasteiger charge is 2.47. The summed E-state index contributed by atoms with van der Waals surface area (Å²) in [5.74, 6) is -0.441. The Balaban J connectivity index is 1.29. The predicted molar refractivity (Wildman–Crippen MR) is 182 cm³/mol. The molecule has 264 valence electrons. The van der Waals surface area contributed by atoms with E-state index in [1.165, 1.54) is 6.42 Å². The van der Waals surface area contributed by atoms with Crippen LogP contribution in [0.15, 0.2) is 18.2 Å². The number of hydrogen-bond donors (Lipinski definition) is 3. The fourth-order valence-electron chi connectivity index (χ4n) is 8.23. The van der Waals surface area contributed by atoms with Crippen LogP contribution in [-0.4, -0.2) is 71.3 Å². The highest BCUT2D eigenvalue weighted by atomic mass is 19.1. The van der Waals surface area contributed by atoms with Crippen LogP contribution >= 0.6 is 0 Å². The summed E-state index contributed by atoms with van der Waals surface area (Å²) in [6, 6.07) is 4.30. The molecule has 3 aliphatic rings. The number of halogens is 1. The van der Waals surface area contributed by atoms with Crippen LogP contribution in [0.4, 0.5) is 14.9 Å². The van der Waals surface area contributed by atoms with E-state index < -0.39 is 36.4 Å². The molecule has 1 aliphatic heterocycles. The van der Waals surface area contributed by atoms with Gasteiger partial charge < -0.3 is 30.0 Å². The Kier molecular flexibility index (Phi) is 11.4. The molecule has 1 unspecified atom stereocenters. The second-order valence-corrected chi connectivity index (χ2v) is 14.9. The third-order valence-electron chi connectivity index (χ3n) is 10.6. The number of alkyl halides is 1. The number of nitrogens with zero attached hydrogens (tertiary/aromatic N) is 1. The zero-order chi connectivity index (χ0) is 34.6. The first-order valence-electron chi connectivity index (χ1n) is 17.9. The van der Waals surface area contributed by atoms with Gasteiger partial charge in [-0.1, -0.05) is 32.1 Å². The molecule has 10 nitrogen and oxygen atoms in total. The largest absolute Gasteiger partial charge is 0.461 e. The van der Waals surface area contributed by atoms with E-state index in [1.807, 2.05) is 30.0 Å². The van der Waals surface area contributed by atoms with Gasteiger partial charge in [-0.15, -0.1) is 0 Å². The SMILES string of the molecule is CCOC(=O)c1[nH]c2ccc(NC(=O)[C@@H]3[C@H](C4CCCCC4)CCN3C(=O)C3CCC(C(CF)NC(=O)OC(C)(C)C)CC3)cc2c1C. The quantitative estimate of drug-likeness (QED) is 0.246. The number of benzene rings is 1. The number of aryl methyl sites for hydroxylation is 1. The number of alkyl carbamates (subject to hydrolysis) is 1. The van der Waals surface area contributed by atoms with Crippen LogP contribution in [0.25, 0.3) is 10.9 Å². The van der Waals surface area contributed by atoms with E-state index in [0.717, 1.165) is 48.6 Å². The monoisotopic (exact) mass is 668 g/mol. The Labute approximate surface area is 283 Å². The van der Waals surface area contributed by atoms with Gasteiger partial charge >= 0.3 is 12.1 Å². The molecule has 1 saturated heterocycles. The van der Waals surface area contributed by atoms with Crippen LogP contribution in [0, 0.1) is 30.6 Å². The van der Waals surface area contributed by atoms with Gasteiger partial charge in [0.1, 0.15) is 24.0 Å². The Bertz CT molecular complexity index is 1470. The van der Waals surface area contributed by atoms with Crippen molar-refractivity contribution in [3.63, 3.8) is 0 Å². The summed E-state index contributed by atoms with van der Waals surface area (Å²) in [4.78, 5) is 58.1. The summed E-state index contributed by atoms with van der Waals surface area (Å²) >= 11 is 0. The molecule has 0 spiro atoms. The Morgan fingerprint density at radius 1 is 1.02 bits per heavy atom. The number of ether oxygens (including phenoxy) is 2. The molecule has 5 rings (SSSR count). The molecule has 3 N–H and O–H groups in total. The van der Waals surface area contributed by atoms with Gasteiger partial charge in [0.25, 0.3) is 0 Å². The van der Waals surface area contributed by atoms with Crippen LogP contribution < -0.4 is 10.6 Å². The van der Waals surface area contributed by atoms with E-state index in [2.05, 4.69) is 15.6 Å². The zero-order valence-corrected chi connectivity index (χ0v) is 29.2. The summed E-state index contributed by atoms with van der Waals surface area (Å²) in [6.45, 7) is 9.04. The van der Waals surface area contributed by atoms with Gasteiger partial charge in [-0.3, -0.25) is 9.59 Å². The minimum atomic E-state index is -0.696. The zero-order valence-electron chi connectivity index (χ0n) is 29.2. The van der Waals surface area contributed by atoms with E-state index in [0.29, 0.717) is 49.5 Å². The van der Waals surface area contributed by atoms with Crippen molar-refractivity contribution in [3.8, 4) is 0 Å². The number of nitrogens with one attached hydrogen (secondary N) is 3. The molecule has 0 bridgehead atoms. The molecule has 2 aromatic rings. The number of aromatic amines is 1. The second kappa shape index (κ2) is 15.3. The number of anilines is 1. The van der Waals surface area contributed by atoms with Gasteiger partial charge in [0.05, 0.1) is 12.6 Å². The maximum Gasteiger partial charge on any atom is 0.407 e. The van der Waals surface area contributed by atoms with Gasteiger partial charge in [0.2, 0.25) is 11.8 Å². The van der Waals surface area contributed by atoms with E-state index in [4.69, 9.17) is 9.47 Å². The molecular weight excluding hydrogens is 615 g/mol. The summed E-state index contributed by atoms with van der Waals surface area (Å²) < 4.78 is 24.6.